The van der Waals surface area contributed by atoms with Crippen LogP contribution in [0.1, 0.15) is 43.5 Å². The molecule has 1 N–H and O–H groups in total. The second-order valence-corrected chi connectivity index (χ2v) is 12.6. The number of rotatable bonds is 6. The Morgan fingerprint density at radius 1 is 1.09 bits per heavy atom. The third-order valence-corrected chi connectivity index (χ3v) is 8.97. The fraction of sp³-hybridized carbons (Fsp3) is 0.206. The van der Waals surface area contributed by atoms with Crippen LogP contribution in [0.5, 0.6) is 5.75 Å². The molecule has 0 radical (unpaired) electrons. The van der Waals surface area contributed by atoms with Gasteiger partial charge >= 0.3 is 5.97 Å². The first-order valence-corrected chi connectivity index (χ1v) is 15.5. The number of H-pyrrole nitrogens is 1. The van der Waals surface area contributed by atoms with E-state index in [4.69, 9.17) is 14.5 Å². The molecule has 218 valence electrons. The Morgan fingerprint density at radius 2 is 1.86 bits per heavy atom. The summed E-state index contributed by atoms with van der Waals surface area (Å²) in [7, 11) is 1.57. The van der Waals surface area contributed by atoms with Crippen molar-refractivity contribution in [3.63, 3.8) is 0 Å². The van der Waals surface area contributed by atoms with E-state index in [0.29, 0.717) is 31.9 Å². The van der Waals surface area contributed by atoms with E-state index < -0.39 is 12.0 Å². The minimum absolute atomic E-state index is 0.251. The van der Waals surface area contributed by atoms with E-state index in [9.17, 15) is 9.59 Å². The standard InChI is InChI=1S/C34H30BrN3O4S/c1-18(2)42-33(40)28-20(4)36-34-38(31(28)25-16-22(35)14-15-26(25)41-5)32(39)27(43-34)17-24-23-13-9-10-19(3)29(23)37-30(24)21-11-7-6-8-12-21/h6-18,31,37H,1-5H3/b27-17-/t31-/m0/s1. The molecule has 3 aromatic carbocycles. The fourth-order valence-electron chi connectivity index (χ4n) is 5.57. The van der Waals surface area contributed by atoms with Gasteiger partial charge in [0.1, 0.15) is 11.8 Å². The van der Waals surface area contributed by atoms with E-state index in [1.54, 1.807) is 32.4 Å². The molecule has 7 nitrogen and oxygen atoms in total. The summed E-state index contributed by atoms with van der Waals surface area (Å²) in [6, 6.07) is 21.0. The molecule has 0 fully saturated rings. The summed E-state index contributed by atoms with van der Waals surface area (Å²) in [5.74, 6) is 0.0295. The van der Waals surface area contributed by atoms with Crippen LogP contribution in [0.25, 0.3) is 28.2 Å². The van der Waals surface area contributed by atoms with Gasteiger partial charge in [0.05, 0.1) is 34.7 Å². The SMILES string of the molecule is COc1ccc(Br)cc1[C@H]1C(C(=O)OC(C)C)=C(C)N=c2s/c(=C\c3c(-c4ccccc4)[nH]c4c(C)cccc34)c(=O)n21. The highest BCUT2D eigenvalue weighted by atomic mass is 79.9. The number of carbonyl (C=O) groups excluding carboxylic acids is 1. The highest BCUT2D eigenvalue weighted by Gasteiger charge is 2.35. The molecule has 2 aromatic heterocycles. The average Bonchev–Trinajstić information content (AvgIpc) is 3.50. The second kappa shape index (κ2) is 11.5. The van der Waals surface area contributed by atoms with Crippen molar-refractivity contribution in [1.29, 1.82) is 0 Å². The number of allylic oxidation sites excluding steroid dienone is 1. The predicted molar refractivity (Wildman–Crippen MR) is 174 cm³/mol. The summed E-state index contributed by atoms with van der Waals surface area (Å²) < 4.78 is 14.3. The van der Waals surface area contributed by atoms with Crippen LogP contribution in [0.15, 0.2) is 92.3 Å². The van der Waals surface area contributed by atoms with Gasteiger partial charge in [-0.2, -0.15) is 0 Å². The molecule has 1 atom stereocenters. The Labute approximate surface area is 261 Å². The number of para-hydroxylation sites is 1. The van der Waals surface area contributed by atoms with E-state index >= 15 is 0 Å². The van der Waals surface area contributed by atoms with E-state index in [2.05, 4.69) is 52.1 Å². The van der Waals surface area contributed by atoms with Gasteiger partial charge in [-0.25, -0.2) is 9.79 Å². The van der Waals surface area contributed by atoms with Crippen molar-refractivity contribution in [3.8, 4) is 17.0 Å². The first kappa shape index (κ1) is 28.9. The lowest BCUT2D eigenvalue weighted by atomic mass is 9.95. The van der Waals surface area contributed by atoms with Crippen LogP contribution in [0.4, 0.5) is 0 Å². The lowest BCUT2D eigenvalue weighted by molar-refractivity contribution is -0.143. The molecule has 1 aliphatic rings. The largest absolute Gasteiger partial charge is 0.496 e. The van der Waals surface area contributed by atoms with E-state index in [1.807, 2.05) is 48.5 Å². The molecule has 0 aliphatic carbocycles. The minimum atomic E-state index is -0.795. The molecular formula is C34H30BrN3O4S. The van der Waals surface area contributed by atoms with Gasteiger partial charge < -0.3 is 14.5 Å². The molecule has 3 heterocycles. The fourth-order valence-corrected chi connectivity index (χ4v) is 6.98. The molecule has 43 heavy (non-hydrogen) atoms. The third-order valence-electron chi connectivity index (χ3n) is 7.49. The maximum absolute atomic E-state index is 14.4. The van der Waals surface area contributed by atoms with Gasteiger partial charge in [-0.3, -0.25) is 9.36 Å². The monoisotopic (exact) mass is 655 g/mol. The van der Waals surface area contributed by atoms with Gasteiger partial charge in [0.25, 0.3) is 5.56 Å². The molecule has 9 heteroatoms. The molecule has 0 spiro atoms. The number of esters is 1. The average molecular weight is 657 g/mol. The van der Waals surface area contributed by atoms with Crippen LogP contribution < -0.4 is 19.6 Å². The molecular weight excluding hydrogens is 626 g/mol. The zero-order chi connectivity index (χ0) is 30.4. The number of thiazole rings is 1. The van der Waals surface area contributed by atoms with Gasteiger partial charge in [0.15, 0.2) is 4.80 Å². The maximum Gasteiger partial charge on any atom is 0.338 e. The number of ether oxygens (including phenoxy) is 2. The number of hydrogen-bond acceptors (Lipinski definition) is 6. The number of halogens is 1. The summed E-state index contributed by atoms with van der Waals surface area (Å²) in [6.45, 7) is 7.44. The second-order valence-electron chi connectivity index (χ2n) is 10.7. The smallest absolute Gasteiger partial charge is 0.338 e. The van der Waals surface area contributed by atoms with Crippen LogP contribution in [0.2, 0.25) is 0 Å². The number of carbonyl (C=O) groups is 1. The topological polar surface area (TPSA) is 85.7 Å². The number of aromatic nitrogens is 2. The van der Waals surface area contributed by atoms with Gasteiger partial charge in [0, 0.05) is 26.5 Å². The lowest BCUT2D eigenvalue weighted by Gasteiger charge is -2.26. The Bertz CT molecular complexity index is 2100. The number of aromatic amines is 1. The minimum Gasteiger partial charge on any atom is -0.496 e. The van der Waals surface area contributed by atoms with Gasteiger partial charge in [-0.1, -0.05) is 75.8 Å². The van der Waals surface area contributed by atoms with E-state index in [-0.39, 0.29) is 11.7 Å². The highest BCUT2D eigenvalue weighted by Crippen LogP contribution is 2.38. The zero-order valence-corrected chi connectivity index (χ0v) is 26.8. The van der Waals surface area contributed by atoms with Gasteiger partial charge in [-0.15, -0.1) is 0 Å². The molecule has 0 saturated carbocycles. The number of nitrogens with one attached hydrogen (secondary N) is 1. The quantitative estimate of drug-likeness (QED) is 0.214. The molecule has 6 rings (SSSR count). The Balaban J connectivity index is 1.64. The summed E-state index contributed by atoms with van der Waals surface area (Å²) in [5.41, 5.74) is 6.20. The molecule has 0 bridgehead atoms. The van der Waals surface area contributed by atoms with Crippen molar-refractivity contribution in [2.24, 2.45) is 4.99 Å². The van der Waals surface area contributed by atoms with Crippen LogP contribution in [-0.4, -0.2) is 28.7 Å². The lowest BCUT2D eigenvalue weighted by Crippen LogP contribution is -2.40. The number of fused-ring (bicyclic) bond motifs is 2. The normalized spacial score (nSPS) is 15.1. The summed E-state index contributed by atoms with van der Waals surface area (Å²) >= 11 is 4.86. The van der Waals surface area contributed by atoms with Crippen molar-refractivity contribution in [2.45, 2.75) is 39.8 Å². The summed E-state index contributed by atoms with van der Waals surface area (Å²) in [5, 5.41) is 1.02. The van der Waals surface area contributed by atoms with E-state index in [1.165, 1.54) is 11.3 Å². The number of nitrogens with zero attached hydrogens (tertiary/aromatic N) is 2. The van der Waals surface area contributed by atoms with Crippen LogP contribution in [0, 0.1) is 6.92 Å². The molecule has 1 aliphatic heterocycles. The number of aryl methyl sites for hydroxylation is 1. The summed E-state index contributed by atoms with van der Waals surface area (Å²) in [6.07, 6.45) is 1.59. The first-order chi connectivity index (χ1) is 20.7. The maximum atomic E-state index is 14.4. The van der Waals surface area contributed by atoms with E-state index in [0.717, 1.165) is 37.8 Å². The summed E-state index contributed by atoms with van der Waals surface area (Å²) in [4.78, 5) is 36.8. The molecule has 0 amide bonds. The highest BCUT2D eigenvalue weighted by molar-refractivity contribution is 9.10. The molecule has 5 aromatic rings. The number of benzene rings is 3. The van der Waals surface area contributed by atoms with Crippen LogP contribution >= 0.6 is 27.3 Å². The van der Waals surface area contributed by atoms with Crippen LogP contribution in [0.3, 0.4) is 0 Å². The molecule has 0 unspecified atom stereocenters. The van der Waals surface area contributed by atoms with Gasteiger partial charge in [0.2, 0.25) is 0 Å². The number of hydrogen-bond donors (Lipinski definition) is 1. The van der Waals surface area contributed by atoms with Crippen molar-refractivity contribution >= 4 is 50.2 Å². The first-order valence-electron chi connectivity index (χ1n) is 13.9. The molecule has 0 saturated heterocycles. The van der Waals surface area contributed by atoms with Crippen molar-refractivity contribution in [1.82, 2.24) is 9.55 Å². The Kier molecular flexibility index (Phi) is 7.70. The van der Waals surface area contributed by atoms with Crippen LogP contribution in [-0.2, 0) is 9.53 Å². The number of methoxy groups -OCH3 is 1. The zero-order valence-electron chi connectivity index (χ0n) is 24.4. The van der Waals surface area contributed by atoms with Crippen molar-refractivity contribution < 1.29 is 14.3 Å². The Morgan fingerprint density at radius 3 is 2.58 bits per heavy atom. The van der Waals surface area contributed by atoms with Gasteiger partial charge in [-0.05, 0) is 63.1 Å². The Hall–Kier alpha value is -4.21. The predicted octanol–water partition coefficient (Wildman–Crippen LogP) is 6.41. The van der Waals surface area contributed by atoms with Crippen molar-refractivity contribution in [3.05, 3.63) is 119 Å². The third kappa shape index (κ3) is 5.17. The van der Waals surface area contributed by atoms with Crippen molar-refractivity contribution in [2.75, 3.05) is 7.11 Å².